The number of nitrogens with zero attached hydrogens (tertiary/aromatic N) is 3. The van der Waals surface area contributed by atoms with E-state index < -0.39 is 0 Å². The summed E-state index contributed by atoms with van der Waals surface area (Å²) in [6.45, 7) is 17.3. The molecule has 0 unspecified atom stereocenters. The van der Waals surface area contributed by atoms with Gasteiger partial charge in [-0.3, -0.25) is 4.99 Å². The van der Waals surface area contributed by atoms with Crippen molar-refractivity contribution in [1.29, 1.82) is 0 Å². The average Bonchev–Trinajstić information content (AvgIpc) is 3.07. The SMILES string of the molecule is C=Cc1ccc(CN=C2C=CC(=C(c3ccc(N(CC)CC)cc3)c3ccc(N(CC)CC)cc3)c3ccccc32)cc1. The molecule has 1 aliphatic carbocycles. The number of allylic oxidation sites excluding steroid dienone is 3. The first-order chi connectivity index (χ1) is 21.1. The second-order valence-electron chi connectivity index (χ2n) is 10.8. The molecule has 0 saturated carbocycles. The molecule has 0 fully saturated rings. The Balaban J connectivity index is 1.61. The van der Waals surface area contributed by atoms with Crippen molar-refractivity contribution >= 4 is 34.3 Å². The van der Waals surface area contributed by atoms with Gasteiger partial charge in [0.25, 0.3) is 0 Å². The van der Waals surface area contributed by atoms with Gasteiger partial charge in [-0.25, -0.2) is 0 Å². The maximum Gasteiger partial charge on any atom is 0.0657 e. The number of anilines is 2. The van der Waals surface area contributed by atoms with E-state index in [2.05, 4.69) is 153 Å². The van der Waals surface area contributed by atoms with Gasteiger partial charge in [0.2, 0.25) is 0 Å². The quantitative estimate of drug-likeness (QED) is 0.180. The maximum absolute atomic E-state index is 5.06. The number of benzene rings is 4. The molecule has 0 N–H and O–H groups in total. The zero-order valence-corrected chi connectivity index (χ0v) is 26.1. The van der Waals surface area contributed by atoms with E-state index in [1.165, 1.54) is 50.3 Å². The molecule has 1 aliphatic rings. The van der Waals surface area contributed by atoms with Crippen LogP contribution in [0.2, 0.25) is 0 Å². The Labute approximate surface area is 258 Å². The molecule has 218 valence electrons. The van der Waals surface area contributed by atoms with Crippen molar-refractivity contribution in [2.45, 2.75) is 34.2 Å². The highest BCUT2D eigenvalue weighted by Gasteiger charge is 2.20. The summed E-state index contributed by atoms with van der Waals surface area (Å²) in [5.41, 5.74) is 13.1. The number of rotatable bonds is 11. The summed E-state index contributed by atoms with van der Waals surface area (Å²) in [6.07, 6.45) is 6.31. The third-order valence-electron chi connectivity index (χ3n) is 8.39. The number of hydrogen-bond donors (Lipinski definition) is 0. The van der Waals surface area contributed by atoms with Gasteiger partial charge in [-0.2, -0.15) is 0 Å². The van der Waals surface area contributed by atoms with Gasteiger partial charge in [0.15, 0.2) is 0 Å². The maximum atomic E-state index is 5.06. The molecular weight excluding hydrogens is 522 g/mol. The van der Waals surface area contributed by atoms with Crippen LogP contribution in [0.15, 0.2) is 121 Å². The number of fused-ring (bicyclic) bond motifs is 1. The van der Waals surface area contributed by atoms with Crippen LogP contribution in [0.4, 0.5) is 11.4 Å². The smallest absolute Gasteiger partial charge is 0.0657 e. The van der Waals surface area contributed by atoms with E-state index in [1.54, 1.807) is 0 Å². The molecular formula is C40H43N3. The van der Waals surface area contributed by atoms with E-state index >= 15 is 0 Å². The van der Waals surface area contributed by atoms with Gasteiger partial charge in [0, 0.05) is 43.1 Å². The van der Waals surface area contributed by atoms with E-state index in [4.69, 9.17) is 4.99 Å². The van der Waals surface area contributed by atoms with Crippen molar-refractivity contribution < 1.29 is 0 Å². The molecule has 0 atom stereocenters. The largest absolute Gasteiger partial charge is 0.372 e. The average molecular weight is 566 g/mol. The normalized spacial score (nSPS) is 13.1. The fourth-order valence-electron chi connectivity index (χ4n) is 5.91. The molecule has 3 nitrogen and oxygen atoms in total. The fourth-order valence-corrected chi connectivity index (χ4v) is 5.91. The van der Waals surface area contributed by atoms with Gasteiger partial charge in [0.05, 0.1) is 12.3 Å². The van der Waals surface area contributed by atoms with Crippen molar-refractivity contribution in [1.82, 2.24) is 0 Å². The Kier molecular flexibility index (Phi) is 9.73. The van der Waals surface area contributed by atoms with E-state index in [0.29, 0.717) is 6.54 Å². The zero-order valence-electron chi connectivity index (χ0n) is 26.1. The molecule has 3 heteroatoms. The predicted molar refractivity (Wildman–Crippen MR) is 188 cm³/mol. The molecule has 0 aromatic heterocycles. The van der Waals surface area contributed by atoms with Gasteiger partial charge in [-0.15, -0.1) is 0 Å². The number of aliphatic imine (C=N–C) groups is 1. The Morgan fingerprint density at radius 3 is 1.63 bits per heavy atom. The lowest BCUT2D eigenvalue weighted by molar-refractivity contribution is 0.866. The minimum atomic E-state index is 0.636. The Bertz CT molecular complexity index is 1560. The lowest BCUT2D eigenvalue weighted by Gasteiger charge is -2.24. The van der Waals surface area contributed by atoms with E-state index in [1.807, 2.05) is 6.08 Å². The Morgan fingerprint density at radius 1 is 0.628 bits per heavy atom. The summed E-state index contributed by atoms with van der Waals surface area (Å²) >= 11 is 0. The van der Waals surface area contributed by atoms with Crippen LogP contribution in [0.5, 0.6) is 0 Å². The van der Waals surface area contributed by atoms with Crippen LogP contribution in [-0.4, -0.2) is 31.9 Å². The number of hydrogen-bond acceptors (Lipinski definition) is 3. The molecule has 4 aromatic carbocycles. The van der Waals surface area contributed by atoms with Crippen molar-refractivity contribution in [3.63, 3.8) is 0 Å². The molecule has 0 aliphatic heterocycles. The van der Waals surface area contributed by atoms with Crippen LogP contribution in [0, 0.1) is 0 Å². The predicted octanol–water partition coefficient (Wildman–Crippen LogP) is 9.54. The summed E-state index contributed by atoms with van der Waals surface area (Å²) in [6, 6.07) is 35.3. The second kappa shape index (κ2) is 14.0. The minimum Gasteiger partial charge on any atom is -0.372 e. The van der Waals surface area contributed by atoms with Gasteiger partial charge < -0.3 is 9.80 Å². The Hall–Kier alpha value is -4.63. The van der Waals surface area contributed by atoms with Gasteiger partial charge in [-0.1, -0.05) is 91.5 Å². The molecule has 0 bridgehead atoms. The molecule has 0 amide bonds. The first kappa shape index (κ1) is 29.8. The van der Waals surface area contributed by atoms with Gasteiger partial charge in [0.1, 0.15) is 0 Å². The van der Waals surface area contributed by atoms with Crippen LogP contribution in [-0.2, 0) is 6.54 Å². The van der Waals surface area contributed by atoms with E-state index in [0.717, 1.165) is 37.5 Å². The molecule has 0 spiro atoms. The van der Waals surface area contributed by atoms with Crippen molar-refractivity contribution in [3.05, 3.63) is 149 Å². The first-order valence-corrected chi connectivity index (χ1v) is 15.6. The van der Waals surface area contributed by atoms with E-state index in [-0.39, 0.29) is 0 Å². The third kappa shape index (κ3) is 6.57. The van der Waals surface area contributed by atoms with Crippen molar-refractivity contribution in [3.8, 4) is 0 Å². The molecule has 43 heavy (non-hydrogen) atoms. The second-order valence-corrected chi connectivity index (χ2v) is 10.8. The van der Waals surface area contributed by atoms with Crippen LogP contribution in [0.25, 0.3) is 17.2 Å². The van der Waals surface area contributed by atoms with Crippen LogP contribution in [0.3, 0.4) is 0 Å². The summed E-state index contributed by atoms with van der Waals surface area (Å²) < 4.78 is 0. The molecule has 0 heterocycles. The fraction of sp³-hybridized carbons (Fsp3) is 0.225. The first-order valence-electron chi connectivity index (χ1n) is 15.6. The summed E-state index contributed by atoms with van der Waals surface area (Å²) in [7, 11) is 0. The van der Waals surface area contributed by atoms with Crippen molar-refractivity contribution in [2.75, 3.05) is 36.0 Å². The monoisotopic (exact) mass is 565 g/mol. The van der Waals surface area contributed by atoms with Gasteiger partial charge >= 0.3 is 0 Å². The van der Waals surface area contributed by atoms with Crippen LogP contribution in [0.1, 0.15) is 61.1 Å². The van der Waals surface area contributed by atoms with Crippen molar-refractivity contribution in [2.24, 2.45) is 4.99 Å². The highest BCUT2D eigenvalue weighted by atomic mass is 15.1. The molecule has 0 saturated heterocycles. The molecule has 0 radical (unpaired) electrons. The summed E-state index contributed by atoms with van der Waals surface area (Å²) in [5, 5.41) is 0. The minimum absolute atomic E-state index is 0.636. The Morgan fingerprint density at radius 2 is 1.14 bits per heavy atom. The molecule has 5 rings (SSSR count). The summed E-state index contributed by atoms with van der Waals surface area (Å²) in [5.74, 6) is 0. The van der Waals surface area contributed by atoms with Gasteiger partial charge in [-0.05, 0) is 97.0 Å². The standard InChI is InChI=1S/C40H43N3/c1-6-30-15-17-31(18-16-30)29-41-39-28-27-38(36-13-11-12-14-37(36)39)40(32-19-23-34(24-20-32)42(7-2)8-3)33-21-25-35(26-22-33)43(9-4)10-5/h6,11-28H,1,7-10,29H2,2-5H3. The lowest BCUT2D eigenvalue weighted by atomic mass is 9.83. The lowest BCUT2D eigenvalue weighted by Crippen LogP contribution is -2.21. The summed E-state index contributed by atoms with van der Waals surface area (Å²) in [4.78, 5) is 9.84. The van der Waals surface area contributed by atoms with Crippen LogP contribution < -0.4 is 9.80 Å². The molecule has 4 aromatic rings. The zero-order chi connectivity index (χ0) is 30.2. The highest BCUT2D eigenvalue weighted by molar-refractivity contribution is 6.19. The van der Waals surface area contributed by atoms with Crippen LogP contribution >= 0.6 is 0 Å². The highest BCUT2D eigenvalue weighted by Crippen LogP contribution is 2.38. The van der Waals surface area contributed by atoms with E-state index in [9.17, 15) is 0 Å². The third-order valence-corrected chi connectivity index (χ3v) is 8.39. The topological polar surface area (TPSA) is 18.8 Å².